The van der Waals surface area contributed by atoms with Crippen molar-refractivity contribution in [1.29, 1.82) is 0 Å². The van der Waals surface area contributed by atoms with Crippen LogP contribution in [0.2, 0.25) is 5.02 Å². The molecule has 1 saturated heterocycles. The number of nitrogens with two attached hydrogens (primary N) is 2. The highest BCUT2D eigenvalue weighted by Gasteiger charge is 2.50. The molecule has 2 atom stereocenters. The van der Waals surface area contributed by atoms with Crippen LogP contribution >= 0.6 is 46.7 Å². The third kappa shape index (κ3) is 3.60. The van der Waals surface area contributed by atoms with Crippen LogP contribution in [0.5, 0.6) is 0 Å². The third-order valence-corrected chi connectivity index (χ3v) is 8.93. The number of pyridine rings is 1. The number of allylic oxidation sites excluding steroid dienone is 1. The first kappa shape index (κ1) is 20.5. The van der Waals surface area contributed by atoms with Crippen LogP contribution in [-0.2, 0) is 0 Å². The summed E-state index contributed by atoms with van der Waals surface area (Å²) in [6, 6.07) is 1.85. The topological polar surface area (TPSA) is 106 Å². The molecule has 4 heterocycles. The highest BCUT2D eigenvalue weighted by atomic mass is 35.5. The lowest BCUT2D eigenvalue weighted by Gasteiger charge is -2.43. The molecule has 7 nitrogen and oxygen atoms in total. The van der Waals surface area contributed by atoms with Gasteiger partial charge in [0, 0.05) is 34.8 Å². The maximum atomic E-state index is 6.63. The zero-order valence-corrected chi connectivity index (χ0v) is 19.2. The fourth-order valence-electron chi connectivity index (χ4n) is 4.38. The summed E-state index contributed by atoms with van der Waals surface area (Å²) in [4.78, 5) is 17.5. The average Bonchev–Trinajstić information content (AvgIpc) is 3.22. The molecule has 30 heavy (non-hydrogen) atoms. The number of halogens is 2. The van der Waals surface area contributed by atoms with Crippen molar-refractivity contribution in [3.05, 3.63) is 40.3 Å². The van der Waals surface area contributed by atoms with Crippen LogP contribution in [0.4, 0.5) is 11.6 Å². The molecular formula is C19H21Cl2N7S2. The van der Waals surface area contributed by atoms with E-state index in [0.29, 0.717) is 10.8 Å². The molecule has 2 aromatic rings. The van der Waals surface area contributed by atoms with Gasteiger partial charge >= 0.3 is 0 Å². The molecule has 2 aliphatic heterocycles. The number of rotatable bonds is 3. The molecule has 3 aliphatic rings. The lowest BCUT2D eigenvalue weighted by Crippen LogP contribution is -2.50. The van der Waals surface area contributed by atoms with E-state index >= 15 is 0 Å². The zero-order valence-electron chi connectivity index (χ0n) is 16.0. The lowest BCUT2D eigenvalue weighted by molar-refractivity contribution is 0.201. The van der Waals surface area contributed by atoms with Crippen LogP contribution < -0.4 is 21.7 Å². The van der Waals surface area contributed by atoms with Gasteiger partial charge in [-0.25, -0.2) is 15.0 Å². The number of hydrogen-bond donors (Lipinski definition) is 3. The molecule has 0 aromatic carbocycles. The van der Waals surface area contributed by atoms with Crippen molar-refractivity contribution in [2.24, 2.45) is 11.1 Å². The summed E-state index contributed by atoms with van der Waals surface area (Å²) >= 11 is 15.5. The zero-order chi connectivity index (χ0) is 20.9. The standard InChI is InChI=1S/C19H21Cl2N7S2/c20-14-10(1-4-24-17(14)23)29-13-9-25-12(8-26-13)28-5-2-19(3-6-28)7-11-15(16(19)22)27-18(21)30-11/h1,4,8-9,16,18,27H,2-3,5-7,22H2,(H2,23,24). The molecule has 0 bridgehead atoms. The van der Waals surface area contributed by atoms with E-state index in [1.54, 1.807) is 24.2 Å². The van der Waals surface area contributed by atoms with Gasteiger partial charge in [0.1, 0.15) is 16.7 Å². The molecule has 158 valence electrons. The highest BCUT2D eigenvalue weighted by Crippen LogP contribution is 2.54. The Morgan fingerprint density at radius 3 is 2.73 bits per heavy atom. The fourth-order valence-corrected chi connectivity index (χ4v) is 6.93. The number of alkyl halides is 1. The third-order valence-electron chi connectivity index (χ3n) is 6.09. The summed E-state index contributed by atoms with van der Waals surface area (Å²) in [5, 5.41) is 4.54. The molecule has 1 spiro atoms. The van der Waals surface area contributed by atoms with Crippen molar-refractivity contribution in [1.82, 2.24) is 20.3 Å². The molecular weight excluding hydrogens is 461 g/mol. The van der Waals surface area contributed by atoms with Crippen molar-refractivity contribution >= 4 is 58.4 Å². The van der Waals surface area contributed by atoms with E-state index in [0.717, 1.165) is 53.8 Å². The van der Waals surface area contributed by atoms with Crippen LogP contribution in [0, 0.1) is 5.41 Å². The second-order valence-electron chi connectivity index (χ2n) is 7.74. The minimum Gasteiger partial charge on any atom is -0.382 e. The number of thioether (sulfide) groups is 1. The van der Waals surface area contributed by atoms with Crippen molar-refractivity contribution in [2.75, 3.05) is 23.7 Å². The van der Waals surface area contributed by atoms with Gasteiger partial charge in [-0.1, -0.05) is 46.7 Å². The molecule has 0 amide bonds. The first-order valence-electron chi connectivity index (χ1n) is 9.66. The van der Waals surface area contributed by atoms with E-state index in [4.69, 9.17) is 34.7 Å². The fraction of sp³-hybridized carbons (Fsp3) is 0.421. The molecule has 2 unspecified atom stereocenters. The van der Waals surface area contributed by atoms with Gasteiger partial charge in [-0.3, -0.25) is 0 Å². The van der Waals surface area contributed by atoms with Gasteiger partial charge in [-0.15, -0.1) is 0 Å². The molecule has 1 aliphatic carbocycles. The van der Waals surface area contributed by atoms with Crippen LogP contribution in [-0.4, -0.2) is 38.9 Å². The van der Waals surface area contributed by atoms with E-state index in [2.05, 4.69) is 25.2 Å². The first-order valence-corrected chi connectivity index (χ1v) is 12.2. The summed E-state index contributed by atoms with van der Waals surface area (Å²) in [6.07, 6.45) is 8.31. The van der Waals surface area contributed by atoms with Crippen molar-refractivity contribution in [2.45, 2.75) is 40.1 Å². The second-order valence-corrected chi connectivity index (χ2v) is 11.1. The van der Waals surface area contributed by atoms with Gasteiger partial charge in [0.25, 0.3) is 0 Å². The predicted molar refractivity (Wildman–Crippen MR) is 124 cm³/mol. The molecule has 0 saturated carbocycles. The van der Waals surface area contributed by atoms with Gasteiger partial charge in [-0.2, -0.15) is 0 Å². The van der Waals surface area contributed by atoms with Gasteiger partial charge in [-0.05, 0) is 30.7 Å². The maximum absolute atomic E-state index is 6.63. The van der Waals surface area contributed by atoms with Crippen LogP contribution in [0.15, 0.2) is 45.2 Å². The number of hydrogen-bond acceptors (Lipinski definition) is 9. The Morgan fingerprint density at radius 2 is 2.03 bits per heavy atom. The number of piperidine rings is 1. The summed E-state index contributed by atoms with van der Waals surface area (Å²) in [5.41, 5.74) is 13.7. The van der Waals surface area contributed by atoms with E-state index in [-0.39, 0.29) is 16.3 Å². The maximum Gasteiger partial charge on any atom is 0.152 e. The summed E-state index contributed by atoms with van der Waals surface area (Å²) in [5.74, 6) is 1.20. The van der Waals surface area contributed by atoms with Crippen molar-refractivity contribution < 1.29 is 0 Å². The Labute approximate surface area is 193 Å². The quantitative estimate of drug-likeness (QED) is 0.447. The first-order chi connectivity index (χ1) is 14.4. The summed E-state index contributed by atoms with van der Waals surface area (Å²) in [7, 11) is 0. The molecule has 2 aromatic heterocycles. The summed E-state index contributed by atoms with van der Waals surface area (Å²) in [6.45, 7) is 1.83. The number of nitrogens with zero attached hydrogens (tertiary/aromatic N) is 4. The molecule has 5 rings (SSSR count). The summed E-state index contributed by atoms with van der Waals surface area (Å²) < 4.78 is 0. The van der Waals surface area contributed by atoms with Gasteiger partial charge in [0.15, 0.2) is 4.83 Å². The Bertz CT molecular complexity index is 993. The normalized spacial score (nSPS) is 25.0. The second kappa shape index (κ2) is 7.94. The number of nitrogen functional groups attached to an aromatic ring is 1. The Kier molecular flexibility index (Phi) is 5.43. The molecule has 5 N–H and O–H groups in total. The largest absolute Gasteiger partial charge is 0.382 e. The Morgan fingerprint density at radius 1 is 1.23 bits per heavy atom. The monoisotopic (exact) mass is 481 g/mol. The minimum atomic E-state index is -0.0800. The number of aromatic nitrogens is 3. The van der Waals surface area contributed by atoms with Crippen molar-refractivity contribution in [3.8, 4) is 0 Å². The van der Waals surface area contributed by atoms with E-state index in [9.17, 15) is 0 Å². The van der Waals surface area contributed by atoms with Gasteiger partial charge in [0.2, 0.25) is 0 Å². The lowest BCUT2D eigenvalue weighted by atomic mass is 9.73. The molecule has 0 radical (unpaired) electrons. The van der Waals surface area contributed by atoms with Gasteiger partial charge in [0.05, 0.1) is 23.5 Å². The Hall–Kier alpha value is -1.39. The van der Waals surface area contributed by atoms with E-state index < -0.39 is 0 Å². The average molecular weight is 482 g/mol. The Balaban J connectivity index is 1.23. The smallest absolute Gasteiger partial charge is 0.152 e. The molecule has 11 heteroatoms. The molecule has 1 fully saturated rings. The van der Waals surface area contributed by atoms with Crippen molar-refractivity contribution in [3.63, 3.8) is 0 Å². The van der Waals surface area contributed by atoms with E-state index in [1.165, 1.54) is 16.7 Å². The van der Waals surface area contributed by atoms with Crippen LogP contribution in [0.25, 0.3) is 0 Å². The van der Waals surface area contributed by atoms with Crippen LogP contribution in [0.3, 0.4) is 0 Å². The van der Waals surface area contributed by atoms with Gasteiger partial charge < -0.3 is 21.7 Å². The number of nitrogens with one attached hydrogen (secondary N) is 1. The van der Waals surface area contributed by atoms with E-state index in [1.807, 2.05) is 12.3 Å². The predicted octanol–water partition coefficient (Wildman–Crippen LogP) is 3.65. The van der Waals surface area contributed by atoms with Crippen LogP contribution in [0.1, 0.15) is 19.3 Å². The highest BCUT2D eigenvalue weighted by molar-refractivity contribution is 8.05. The number of anilines is 2. The SMILES string of the molecule is Nc1nccc(Sc2cnc(N3CCC4(CC3)CC3=C(NC(Cl)S3)C4N)cn2)c1Cl. The minimum absolute atomic E-state index is 0.0355.